The van der Waals surface area contributed by atoms with Crippen LogP contribution in [-0.4, -0.2) is 36.6 Å². The van der Waals surface area contributed by atoms with Crippen molar-refractivity contribution in [2.45, 2.75) is 158 Å². The molecular formula is C44H70O4. The maximum Gasteiger partial charge on any atom is 0.169 e. The first-order chi connectivity index (χ1) is 22.8. The predicted octanol–water partition coefficient (Wildman–Crippen LogP) is 12.3. The minimum atomic E-state index is -0.900. The second-order valence-electron chi connectivity index (χ2n) is 14.2. The van der Waals surface area contributed by atoms with Crippen molar-refractivity contribution in [2.24, 2.45) is 0 Å². The summed E-state index contributed by atoms with van der Waals surface area (Å²) in [6, 6.07) is 0. The molecule has 0 radical (unpaired) electrons. The molecular weight excluding hydrogens is 592 g/mol. The summed E-state index contributed by atoms with van der Waals surface area (Å²) in [6.45, 7) is 19.6. The smallest absolute Gasteiger partial charge is 0.169 e. The second kappa shape index (κ2) is 24.3. The van der Waals surface area contributed by atoms with E-state index in [0.717, 1.165) is 75.4 Å². The Morgan fingerprint density at radius 3 is 1.08 bits per heavy atom. The first-order valence-electron chi connectivity index (χ1n) is 18.2. The van der Waals surface area contributed by atoms with Crippen LogP contribution >= 0.6 is 0 Å². The van der Waals surface area contributed by atoms with Crippen molar-refractivity contribution < 1.29 is 19.7 Å². The van der Waals surface area contributed by atoms with E-state index in [-0.39, 0.29) is 11.5 Å². The lowest BCUT2D eigenvalue weighted by Crippen LogP contribution is -2.31. The van der Waals surface area contributed by atoms with Gasteiger partial charge in [0.2, 0.25) is 0 Å². The molecule has 1 rings (SSSR count). The molecule has 0 aliphatic heterocycles. The van der Waals surface area contributed by atoms with Crippen LogP contribution in [0.5, 0.6) is 0 Å². The van der Waals surface area contributed by atoms with Gasteiger partial charge >= 0.3 is 0 Å². The van der Waals surface area contributed by atoms with Crippen LogP contribution in [0.25, 0.3) is 0 Å². The molecule has 0 bridgehead atoms. The number of methoxy groups -OCH3 is 2. The van der Waals surface area contributed by atoms with Crippen molar-refractivity contribution in [1.82, 2.24) is 0 Å². The highest BCUT2D eigenvalue weighted by Gasteiger charge is 2.34. The summed E-state index contributed by atoms with van der Waals surface area (Å²) in [7, 11) is 2.98. The van der Waals surface area contributed by atoms with Gasteiger partial charge in [0, 0.05) is 0 Å². The van der Waals surface area contributed by atoms with E-state index < -0.39 is 12.2 Å². The molecule has 0 aromatic rings. The number of hydrogen-bond donors (Lipinski definition) is 2. The van der Waals surface area contributed by atoms with Crippen LogP contribution < -0.4 is 0 Å². The van der Waals surface area contributed by atoms with Crippen LogP contribution in [0.2, 0.25) is 0 Å². The molecule has 4 heteroatoms. The Balaban J connectivity index is 2.37. The summed E-state index contributed by atoms with van der Waals surface area (Å²) >= 11 is 0. The molecule has 0 saturated heterocycles. The van der Waals surface area contributed by atoms with Crippen molar-refractivity contribution in [1.29, 1.82) is 0 Å². The first kappa shape index (κ1) is 43.2. The summed E-state index contributed by atoms with van der Waals surface area (Å²) in [4.78, 5) is 0. The van der Waals surface area contributed by atoms with Crippen molar-refractivity contribution >= 4 is 0 Å². The van der Waals surface area contributed by atoms with Gasteiger partial charge in [-0.05, 0) is 157 Å². The van der Waals surface area contributed by atoms with Crippen LogP contribution in [0, 0.1) is 0 Å². The Morgan fingerprint density at radius 2 is 0.771 bits per heavy atom. The van der Waals surface area contributed by atoms with Gasteiger partial charge in [0.1, 0.15) is 12.2 Å². The molecule has 0 amide bonds. The van der Waals surface area contributed by atoms with Crippen LogP contribution in [0.4, 0.5) is 0 Å². The van der Waals surface area contributed by atoms with Crippen molar-refractivity contribution in [3.05, 3.63) is 104 Å². The molecule has 270 valence electrons. The maximum atomic E-state index is 10.8. The number of hydrogen-bond acceptors (Lipinski definition) is 4. The van der Waals surface area contributed by atoms with Gasteiger partial charge in [-0.25, -0.2) is 0 Å². The second-order valence-corrected chi connectivity index (χ2v) is 14.2. The largest absolute Gasteiger partial charge is 0.494 e. The van der Waals surface area contributed by atoms with Crippen molar-refractivity contribution in [3.63, 3.8) is 0 Å². The van der Waals surface area contributed by atoms with Gasteiger partial charge in [-0.15, -0.1) is 0 Å². The van der Waals surface area contributed by atoms with Crippen LogP contribution in [-0.2, 0) is 9.47 Å². The van der Waals surface area contributed by atoms with Crippen molar-refractivity contribution in [2.75, 3.05) is 14.2 Å². The fourth-order valence-corrected chi connectivity index (χ4v) is 5.93. The lowest BCUT2D eigenvalue weighted by Gasteiger charge is -2.30. The van der Waals surface area contributed by atoms with Crippen LogP contribution in [0.1, 0.15) is 146 Å². The minimum Gasteiger partial charge on any atom is -0.494 e. The summed E-state index contributed by atoms with van der Waals surface area (Å²) in [6.07, 6.45) is 28.7. The SMILES string of the molecule is COC1=C(OC)C(O)C(CC=C(C)CCC=C(C)CCC=C(C)CCC=C(C)CCC=C(C)CCC=C(C)CCC=C(C)C)=C(C)C1O. The molecule has 48 heavy (non-hydrogen) atoms. The van der Waals surface area contributed by atoms with Gasteiger partial charge in [-0.3, -0.25) is 0 Å². The number of ether oxygens (including phenoxy) is 2. The third kappa shape index (κ3) is 17.5. The van der Waals surface area contributed by atoms with E-state index in [0.29, 0.717) is 6.42 Å². The molecule has 0 heterocycles. The van der Waals surface area contributed by atoms with E-state index in [1.54, 1.807) is 0 Å². The molecule has 1 aliphatic rings. The molecule has 0 aromatic heterocycles. The number of aliphatic hydroxyl groups excluding tert-OH is 2. The summed E-state index contributed by atoms with van der Waals surface area (Å²) in [5.41, 5.74) is 11.6. The van der Waals surface area contributed by atoms with Crippen molar-refractivity contribution in [3.8, 4) is 0 Å². The first-order valence-corrected chi connectivity index (χ1v) is 18.2. The van der Waals surface area contributed by atoms with Crippen LogP contribution in [0.15, 0.2) is 104 Å². The fraction of sp³-hybridized carbons (Fsp3) is 0.591. The van der Waals surface area contributed by atoms with Gasteiger partial charge in [-0.2, -0.15) is 0 Å². The third-order valence-electron chi connectivity index (χ3n) is 9.35. The van der Waals surface area contributed by atoms with E-state index in [1.165, 1.54) is 66.1 Å². The highest BCUT2D eigenvalue weighted by molar-refractivity contribution is 5.39. The molecule has 1 aliphatic carbocycles. The van der Waals surface area contributed by atoms with E-state index >= 15 is 0 Å². The van der Waals surface area contributed by atoms with Gasteiger partial charge < -0.3 is 19.7 Å². The Labute approximate surface area is 295 Å². The summed E-state index contributed by atoms with van der Waals surface area (Å²) in [5.74, 6) is 0.570. The average Bonchev–Trinajstić information content (AvgIpc) is 3.02. The number of rotatable bonds is 22. The molecule has 2 N–H and O–H groups in total. The zero-order valence-corrected chi connectivity index (χ0v) is 32.6. The van der Waals surface area contributed by atoms with Crippen LogP contribution in [0.3, 0.4) is 0 Å². The zero-order valence-electron chi connectivity index (χ0n) is 32.6. The Morgan fingerprint density at radius 1 is 0.479 bits per heavy atom. The normalized spacial score (nSPS) is 18.9. The van der Waals surface area contributed by atoms with E-state index in [9.17, 15) is 10.2 Å². The van der Waals surface area contributed by atoms with E-state index in [1.807, 2.05) is 6.92 Å². The molecule has 0 aromatic carbocycles. The topological polar surface area (TPSA) is 58.9 Å². The van der Waals surface area contributed by atoms with E-state index in [2.05, 4.69) is 97.9 Å². The quantitative estimate of drug-likeness (QED) is 0.113. The lowest BCUT2D eigenvalue weighted by atomic mass is 9.88. The lowest BCUT2D eigenvalue weighted by molar-refractivity contribution is 0.0794. The fourth-order valence-electron chi connectivity index (χ4n) is 5.93. The number of allylic oxidation sites excluding steroid dienone is 14. The highest BCUT2D eigenvalue weighted by Crippen LogP contribution is 2.33. The molecule has 0 saturated carbocycles. The third-order valence-corrected chi connectivity index (χ3v) is 9.35. The summed E-state index contributed by atoms with van der Waals surface area (Å²) in [5, 5.41) is 21.4. The summed E-state index contributed by atoms with van der Waals surface area (Å²) < 4.78 is 10.6. The molecule has 2 atom stereocenters. The van der Waals surface area contributed by atoms with Gasteiger partial charge in [0.15, 0.2) is 11.5 Å². The standard InChI is InChI=1S/C44H70O4/c1-32(2)18-12-19-33(3)20-13-21-34(4)22-14-23-35(5)24-15-25-36(6)26-16-27-37(7)28-17-29-38(8)30-31-40-39(9)41(45)43(47-10)44(48-11)42(40)46/h18,20,22,24,26,28,30,41-42,45-46H,12-17,19,21,23,25,27,29,31H2,1-11H3. The predicted molar refractivity (Wildman–Crippen MR) is 208 cm³/mol. The highest BCUT2D eigenvalue weighted by atomic mass is 16.5. The minimum absolute atomic E-state index is 0.282. The zero-order chi connectivity index (χ0) is 36.1. The van der Waals surface area contributed by atoms with Gasteiger partial charge in [0.05, 0.1) is 14.2 Å². The average molecular weight is 663 g/mol. The maximum absolute atomic E-state index is 10.8. The molecule has 2 unspecified atom stereocenters. The molecule has 4 nitrogen and oxygen atoms in total. The molecule has 0 fully saturated rings. The van der Waals surface area contributed by atoms with Gasteiger partial charge in [-0.1, -0.05) is 81.5 Å². The Bertz CT molecular complexity index is 1270. The monoisotopic (exact) mass is 663 g/mol. The Kier molecular flexibility index (Phi) is 21.9. The number of aliphatic hydroxyl groups is 2. The Hall–Kier alpha value is -2.82. The van der Waals surface area contributed by atoms with Gasteiger partial charge in [0.25, 0.3) is 0 Å². The van der Waals surface area contributed by atoms with E-state index in [4.69, 9.17) is 9.47 Å². The molecule has 0 spiro atoms.